The van der Waals surface area contributed by atoms with Gasteiger partial charge in [0.2, 0.25) is 0 Å². The molecule has 0 radical (unpaired) electrons. The molecule has 11 aromatic rings. The molecule has 0 atom stereocenters. The van der Waals surface area contributed by atoms with Gasteiger partial charge in [-0.1, -0.05) is 140 Å². The van der Waals surface area contributed by atoms with Gasteiger partial charge < -0.3 is 8.83 Å². The van der Waals surface area contributed by atoms with Crippen LogP contribution in [0.4, 0.5) is 0 Å². The van der Waals surface area contributed by atoms with Gasteiger partial charge in [0.1, 0.15) is 22.3 Å². The van der Waals surface area contributed by atoms with Crippen LogP contribution in [-0.2, 0) is 0 Å². The maximum absolute atomic E-state index is 6.72. The minimum absolute atomic E-state index is 0.682. The Morgan fingerprint density at radius 1 is 0.357 bits per heavy atom. The van der Waals surface area contributed by atoms with Crippen molar-refractivity contribution in [1.82, 2.24) is 15.0 Å². The second-order valence-electron chi connectivity index (χ2n) is 14.0. The van der Waals surface area contributed by atoms with Crippen molar-refractivity contribution in [2.45, 2.75) is 0 Å². The highest BCUT2D eigenvalue weighted by molar-refractivity contribution is 6.20. The van der Waals surface area contributed by atoms with Crippen LogP contribution in [0.3, 0.4) is 0 Å². The Labute approximate surface area is 322 Å². The van der Waals surface area contributed by atoms with Crippen LogP contribution < -0.4 is 0 Å². The van der Waals surface area contributed by atoms with Gasteiger partial charge in [-0.2, -0.15) is 0 Å². The summed E-state index contributed by atoms with van der Waals surface area (Å²) in [5, 5.41) is 4.34. The number of benzene rings is 7. The molecule has 5 nitrogen and oxygen atoms in total. The maximum atomic E-state index is 6.72. The summed E-state index contributed by atoms with van der Waals surface area (Å²) >= 11 is 0. The normalized spacial score (nSPS) is 11.6. The summed E-state index contributed by atoms with van der Waals surface area (Å²) in [7, 11) is 0. The lowest BCUT2D eigenvalue weighted by atomic mass is 9.92. The molecule has 0 saturated heterocycles. The number of pyridine rings is 1. The summed E-state index contributed by atoms with van der Waals surface area (Å²) < 4.78 is 13.0. The first-order valence-electron chi connectivity index (χ1n) is 18.7. The minimum Gasteiger partial charge on any atom is -0.456 e. The molecule has 4 aromatic heterocycles. The molecule has 0 fully saturated rings. The molecule has 0 aliphatic rings. The van der Waals surface area contributed by atoms with Crippen molar-refractivity contribution >= 4 is 43.9 Å². The van der Waals surface area contributed by atoms with Gasteiger partial charge in [-0.15, -0.1) is 0 Å². The molecule has 11 rings (SSSR count). The number of para-hydroxylation sites is 2. The summed E-state index contributed by atoms with van der Waals surface area (Å²) in [4.78, 5) is 14.4. The molecule has 0 amide bonds. The standard InChI is InChI=1S/C51H31N3O2/c1-2-10-36(11-3-1)51-53-43(34-23-19-32(20-24-34)37-12-9-29-52-31-37)30-44(54-51)35-25-21-33(22-26-35)38-27-28-40(50-49(38)42-14-5-7-17-46(42)56-50)39-15-8-18-47-48(39)41-13-4-6-16-45(41)55-47/h1-31H. The molecule has 0 N–H and O–H groups in total. The number of aromatic nitrogens is 3. The second kappa shape index (κ2) is 13.0. The van der Waals surface area contributed by atoms with E-state index in [0.717, 1.165) is 105 Å². The van der Waals surface area contributed by atoms with Gasteiger partial charge in [-0.05, 0) is 64.2 Å². The summed E-state index contributed by atoms with van der Waals surface area (Å²) in [6.07, 6.45) is 3.67. The number of nitrogens with zero attached hydrogens (tertiary/aromatic N) is 3. The van der Waals surface area contributed by atoms with Crippen LogP contribution in [0.25, 0.3) is 111 Å². The molecule has 0 aliphatic carbocycles. The summed E-state index contributed by atoms with van der Waals surface area (Å²) in [6, 6.07) is 60.6. The highest BCUT2D eigenvalue weighted by Crippen LogP contribution is 2.45. The van der Waals surface area contributed by atoms with Gasteiger partial charge in [-0.3, -0.25) is 4.98 Å². The molecule has 262 valence electrons. The third-order valence-corrected chi connectivity index (χ3v) is 10.6. The summed E-state index contributed by atoms with van der Waals surface area (Å²) in [5.41, 5.74) is 14.6. The van der Waals surface area contributed by atoms with Crippen LogP contribution in [0, 0.1) is 0 Å². The third-order valence-electron chi connectivity index (χ3n) is 10.6. The van der Waals surface area contributed by atoms with Crippen molar-refractivity contribution in [3.63, 3.8) is 0 Å². The van der Waals surface area contributed by atoms with Crippen LogP contribution in [0.15, 0.2) is 197 Å². The predicted octanol–water partition coefficient (Wildman–Crippen LogP) is 13.7. The lowest BCUT2D eigenvalue weighted by molar-refractivity contribution is 0.668. The van der Waals surface area contributed by atoms with Crippen LogP contribution >= 0.6 is 0 Å². The van der Waals surface area contributed by atoms with Gasteiger partial charge >= 0.3 is 0 Å². The van der Waals surface area contributed by atoms with E-state index in [1.807, 2.05) is 60.8 Å². The number of furan rings is 2. The zero-order valence-electron chi connectivity index (χ0n) is 30.1. The number of fused-ring (bicyclic) bond motifs is 6. The van der Waals surface area contributed by atoms with E-state index in [9.17, 15) is 0 Å². The SMILES string of the molecule is c1ccc(-c2nc(-c3ccc(-c4cccnc4)cc3)cc(-c3ccc(-c4ccc(-c5cccc6oc7ccccc7c56)c5oc6ccccc6c45)cc3)n2)cc1. The third kappa shape index (κ3) is 5.37. The molecular weight excluding hydrogens is 687 g/mol. The Balaban J connectivity index is 1.03. The largest absolute Gasteiger partial charge is 0.456 e. The average Bonchev–Trinajstić information content (AvgIpc) is 3.86. The van der Waals surface area contributed by atoms with Gasteiger partial charge in [0, 0.05) is 56.2 Å². The first-order chi connectivity index (χ1) is 27.7. The second-order valence-corrected chi connectivity index (χ2v) is 14.0. The summed E-state index contributed by atoms with van der Waals surface area (Å²) in [6.45, 7) is 0. The van der Waals surface area contributed by atoms with E-state index >= 15 is 0 Å². The first-order valence-corrected chi connectivity index (χ1v) is 18.7. The van der Waals surface area contributed by atoms with Crippen molar-refractivity contribution < 1.29 is 8.83 Å². The van der Waals surface area contributed by atoms with Crippen molar-refractivity contribution in [2.75, 3.05) is 0 Å². The van der Waals surface area contributed by atoms with E-state index in [-0.39, 0.29) is 0 Å². The van der Waals surface area contributed by atoms with Gasteiger partial charge in [0.05, 0.1) is 11.4 Å². The molecule has 0 spiro atoms. The van der Waals surface area contributed by atoms with Gasteiger partial charge in [0.25, 0.3) is 0 Å². The van der Waals surface area contributed by atoms with E-state index in [2.05, 4.69) is 126 Å². The van der Waals surface area contributed by atoms with Crippen LogP contribution in [0.5, 0.6) is 0 Å². The molecule has 0 bridgehead atoms. The van der Waals surface area contributed by atoms with Crippen molar-refractivity contribution in [2.24, 2.45) is 0 Å². The zero-order valence-corrected chi connectivity index (χ0v) is 30.1. The molecule has 0 aliphatic heterocycles. The molecule has 4 heterocycles. The number of hydrogen-bond donors (Lipinski definition) is 0. The van der Waals surface area contributed by atoms with Crippen molar-refractivity contribution in [3.8, 4) is 67.3 Å². The molecule has 0 saturated carbocycles. The van der Waals surface area contributed by atoms with Crippen LogP contribution in [-0.4, -0.2) is 15.0 Å². The first kappa shape index (κ1) is 31.9. The molecule has 56 heavy (non-hydrogen) atoms. The fourth-order valence-corrected chi connectivity index (χ4v) is 7.93. The molecule has 0 unspecified atom stereocenters. The fourth-order valence-electron chi connectivity index (χ4n) is 7.93. The molecule has 5 heteroatoms. The van der Waals surface area contributed by atoms with Gasteiger partial charge in [0.15, 0.2) is 5.82 Å². The van der Waals surface area contributed by atoms with E-state index < -0.39 is 0 Å². The lowest BCUT2D eigenvalue weighted by Crippen LogP contribution is -1.96. The topological polar surface area (TPSA) is 65.0 Å². The minimum atomic E-state index is 0.682. The van der Waals surface area contributed by atoms with E-state index in [1.165, 1.54) is 0 Å². The highest BCUT2D eigenvalue weighted by Gasteiger charge is 2.20. The number of hydrogen-bond acceptors (Lipinski definition) is 5. The van der Waals surface area contributed by atoms with E-state index in [0.29, 0.717) is 5.82 Å². The maximum Gasteiger partial charge on any atom is 0.160 e. The Bertz CT molecular complexity index is 3220. The van der Waals surface area contributed by atoms with Crippen LogP contribution in [0.2, 0.25) is 0 Å². The highest BCUT2D eigenvalue weighted by atomic mass is 16.3. The fraction of sp³-hybridized carbons (Fsp3) is 0. The average molecular weight is 718 g/mol. The Morgan fingerprint density at radius 2 is 0.946 bits per heavy atom. The van der Waals surface area contributed by atoms with Crippen LogP contribution in [0.1, 0.15) is 0 Å². The number of rotatable bonds is 6. The van der Waals surface area contributed by atoms with Crippen molar-refractivity contribution in [3.05, 3.63) is 188 Å². The monoisotopic (exact) mass is 717 g/mol. The van der Waals surface area contributed by atoms with E-state index in [4.69, 9.17) is 18.8 Å². The Hall–Kier alpha value is -7.63. The van der Waals surface area contributed by atoms with E-state index in [1.54, 1.807) is 6.20 Å². The Morgan fingerprint density at radius 3 is 1.66 bits per heavy atom. The predicted molar refractivity (Wildman–Crippen MR) is 227 cm³/mol. The smallest absolute Gasteiger partial charge is 0.160 e. The van der Waals surface area contributed by atoms with Crippen molar-refractivity contribution in [1.29, 1.82) is 0 Å². The Kier molecular flexibility index (Phi) is 7.42. The summed E-state index contributed by atoms with van der Waals surface area (Å²) in [5.74, 6) is 0.682. The lowest BCUT2D eigenvalue weighted by Gasteiger charge is -2.12. The molecule has 7 aromatic carbocycles. The van der Waals surface area contributed by atoms with Gasteiger partial charge in [-0.25, -0.2) is 9.97 Å². The quantitative estimate of drug-likeness (QED) is 0.171. The molecular formula is C51H31N3O2. The zero-order chi connectivity index (χ0) is 37.0.